The predicted octanol–water partition coefficient (Wildman–Crippen LogP) is 5.26. The lowest BCUT2D eigenvalue weighted by Crippen LogP contribution is -2.50. The summed E-state index contributed by atoms with van der Waals surface area (Å²) in [6.07, 6.45) is 1.54. The van der Waals surface area contributed by atoms with Crippen molar-refractivity contribution in [1.29, 1.82) is 0 Å². The van der Waals surface area contributed by atoms with E-state index in [0.29, 0.717) is 25.8 Å². The van der Waals surface area contributed by atoms with Crippen LogP contribution >= 0.6 is 0 Å². The molecule has 2 aromatic rings. The number of nitrogens with one attached hydrogen (secondary N) is 1. The molecule has 0 aromatic heterocycles. The average molecular weight is 453 g/mol. The number of aryl methyl sites for hydroxylation is 1. The Hall–Kier alpha value is -2.82. The normalized spacial score (nSPS) is 12.4. The molecule has 5 heteroatoms. The van der Waals surface area contributed by atoms with Crippen LogP contribution in [0.3, 0.4) is 0 Å². The van der Waals surface area contributed by atoms with Crippen LogP contribution in [0.4, 0.5) is 0 Å². The molecule has 180 valence electrons. The van der Waals surface area contributed by atoms with E-state index in [2.05, 4.69) is 50.4 Å². The molecule has 0 spiro atoms. The van der Waals surface area contributed by atoms with Crippen molar-refractivity contribution in [3.8, 4) is 5.75 Å². The molecule has 0 unspecified atom stereocenters. The Bertz CT molecular complexity index is 913. The second-order valence-corrected chi connectivity index (χ2v) is 9.91. The Balaban J connectivity index is 2.21. The first-order chi connectivity index (χ1) is 15.5. The number of ether oxygens (including phenoxy) is 1. The van der Waals surface area contributed by atoms with E-state index in [9.17, 15) is 9.59 Å². The number of carbonyl (C=O) groups excluding carboxylic acids is 2. The van der Waals surface area contributed by atoms with Crippen molar-refractivity contribution in [2.75, 3.05) is 7.11 Å². The molecule has 2 amide bonds. The first-order valence-corrected chi connectivity index (χ1v) is 11.9. The van der Waals surface area contributed by atoms with Crippen LogP contribution in [0, 0.1) is 0 Å². The van der Waals surface area contributed by atoms with Gasteiger partial charge in [-0.15, -0.1) is 0 Å². The lowest BCUT2D eigenvalue weighted by atomic mass is 9.86. The van der Waals surface area contributed by atoms with Crippen LogP contribution < -0.4 is 10.1 Å². The number of carbonyl (C=O) groups is 2. The number of nitrogens with zero attached hydrogens (tertiary/aromatic N) is 1. The van der Waals surface area contributed by atoms with E-state index in [1.807, 2.05) is 45.0 Å². The van der Waals surface area contributed by atoms with Gasteiger partial charge in [-0.05, 0) is 60.9 Å². The summed E-state index contributed by atoms with van der Waals surface area (Å²) < 4.78 is 5.34. The van der Waals surface area contributed by atoms with E-state index < -0.39 is 6.04 Å². The van der Waals surface area contributed by atoms with Crippen molar-refractivity contribution < 1.29 is 14.3 Å². The maximum Gasteiger partial charge on any atom is 0.243 e. The molecular weight excluding hydrogens is 412 g/mol. The highest BCUT2D eigenvalue weighted by Crippen LogP contribution is 2.23. The van der Waals surface area contributed by atoms with E-state index in [-0.39, 0.29) is 23.3 Å². The average Bonchev–Trinajstić information content (AvgIpc) is 2.76. The van der Waals surface area contributed by atoms with Gasteiger partial charge in [0.1, 0.15) is 11.8 Å². The van der Waals surface area contributed by atoms with Gasteiger partial charge in [0.05, 0.1) is 7.11 Å². The molecule has 0 saturated carbocycles. The van der Waals surface area contributed by atoms with Gasteiger partial charge in [0, 0.05) is 19.0 Å². The third kappa shape index (κ3) is 7.92. The number of benzene rings is 2. The van der Waals surface area contributed by atoms with E-state index >= 15 is 0 Å². The van der Waals surface area contributed by atoms with Gasteiger partial charge < -0.3 is 15.0 Å². The van der Waals surface area contributed by atoms with Crippen molar-refractivity contribution in [2.24, 2.45) is 0 Å². The minimum Gasteiger partial charge on any atom is -0.497 e. The molecule has 0 saturated heterocycles. The third-order valence-electron chi connectivity index (χ3n) is 5.75. The molecule has 2 aromatic carbocycles. The Kier molecular flexibility index (Phi) is 9.51. The van der Waals surface area contributed by atoms with Gasteiger partial charge in [0.25, 0.3) is 0 Å². The molecular formula is C28H40N2O3. The number of amides is 2. The summed E-state index contributed by atoms with van der Waals surface area (Å²) in [4.78, 5) is 28.0. The fraction of sp³-hybridized carbons (Fsp3) is 0.500. The van der Waals surface area contributed by atoms with Gasteiger partial charge >= 0.3 is 0 Å². The maximum atomic E-state index is 13.4. The van der Waals surface area contributed by atoms with Gasteiger partial charge in [-0.3, -0.25) is 9.59 Å². The van der Waals surface area contributed by atoms with Crippen molar-refractivity contribution in [3.63, 3.8) is 0 Å². The summed E-state index contributed by atoms with van der Waals surface area (Å²) in [6, 6.07) is 15.6. The number of rotatable bonds is 10. The van der Waals surface area contributed by atoms with Crippen molar-refractivity contribution in [2.45, 2.75) is 84.8 Å². The van der Waals surface area contributed by atoms with Gasteiger partial charge in [-0.2, -0.15) is 0 Å². The van der Waals surface area contributed by atoms with Crippen molar-refractivity contribution in [3.05, 3.63) is 65.2 Å². The molecule has 33 heavy (non-hydrogen) atoms. The number of hydrogen-bond donors (Lipinski definition) is 1. The Labute approximate surface area is 199 Å². The fourth-order valence-corrected chi connectivity index (χ4v) is 3.83. The van der Waals surface area contributed by atoms with E-state index in [1.54, 1.807) is 12.0 Å². The topological polar surface area (TPSA) is 58.6 Å². The first-order valence-electron chi connectivity index (χ1n) is 11.9. The highest BCUT2D eigenvalue weighted by Gasteiger charge is 2.28. The van der Waals surface area contributed by atoms with Gasteiger partial charge in [0.15, 0.2) is 0 Å². The Morgan fingerprint density at radius 2 is 1.70 bits per heavy atom. The van der Waals surface area contributed by atoms with Crippen LogP contribution in [-0.2, 0) is 28.0 Å². The maximum absolute atomic E-state index is 13.4. The minimum absolute atomic E-state index is 0.0154. The van der Waals surface area contributed by atoms with Crippen LogP contribution in [-0.4, -0.2) is 35.9 Å². The highest BCUT2D eigenvalue weighted by atomic mass is 16.5. The van der Waals surface area contributed by atoms with Crippen LogP contribution in [0.15, 0.2) is 48.5 Å². The van der Waals surface area contributed by atoms with Crippen LogP contribution in [0.2, 0.25) is 0 Å². The highest BCUT2D eigenvalue weighted by molar-refractivity contribution is 5.87. The lowest BCUT2D eigenvalue weighted by molar-refractivity contribution is -0.141. The van der Waals surface area contributed by atoms with E-state index in [0.717, 1.165) is 16.9 Å². The molecule has 0 bridgehead atoms. The lowest BCUT2D eigenvalue weighted by Gasteiger charge is -2.31. The molecule has 1 N–H and O–H groups in total. The second kappa shape index (κ2) is 11.9. The summed E-state index contributed by atoms with van der Waals surface area (Å²) in [5.74, 6) is 0.597. The van der Waals surface area contributed by atoms with E-state index in [1.165, 1.54) is 5.56 Å². The third-order valence-corrected chi connectivity index (χ3v) is 5.75. The quantitative estimate of drug-likeness (QED) is 0.535. The molecule has 2 rings (SSSR count). The molecule has 0 heterocycles. The van der Waals surface area contributed by atoms with Crippen molar-refractivity contribution >= 4 is 11.8 Å². The van der Waals surface area contributed by atoms with E-state index in [4.69, 9.17) is 4.74 Å². The Morgan fingerprint density at radius 3 is 2.24 bits per heavy atom. The van der Waals surface area contributed by atoms with Gasteiger partial charge in [0.2, 0.25) is 11.8 Å². The molecule has 0 aliphatic heterocycles. The number of methoxy groups -OCH3 is 1. The predicted molar refractivity (Wildman–Crippen MR) is 134 cm³/mol. The molecule has 0 aliphatic rings. The van der Waals surface area contributed by atoms with Crippen LogP contribution in [0.25, 0.3) is 0 Å². The molecule has 1 atom stereocenters. The van der Waals surface area contributed by atoms with Gasteiger partial charge in [-0.1, -0.05) is 64.1 Å². The summed E-state index contributed by atoms with van der Waals surface area (Å²) in [5, 5.41) is 2.97. The van der Waals surface area contributed by atoms with Crippen LogP contribution in [0.5, 0.6) is 5.75 Å². The second-order valence-electron chi connectivity index (χ2n) is 9.91. The molecule has 0 fully saturated rings. The zero-order valence-electron chi connectivity index (χ0n) is 21.3. The van der Waals surface area contributed by atoms with Gasteiger partial charge in [-0.25, -0.2) is 0 Å². The zero-order valence-corrected chi connectivity index (χ0v) is 21.3. The zero-order chi connectivity index (χ0) is 24.6. The summed E-state index contributed by atoms with van der Waals surface area (Å²) in [5.41, 5.74) is 3.43. The van der Waals surface area contributed by atoms with Crippen LogP contribution in [0.1, 0.15) is 71.1 Å². The Morgan fingerprint density at radius 1 is 1.03 bits per heavy atom. The monoisotopic (exact) mass is 452 g/mol. The smallest absolute Gasteiger partial charge is 0.243 e. The molecule has 0 aliphatic carbocycles. The van der Waals surface area contributed by atoms with Crippen molar-refractivity contribution in [1.82, 2.24) is 10.2 Å². The summed E-state index contributed by atoms with van der Waals surface area (Å²) in [6.45, 7) is 12.7. The summed E-state index contributed by atoms with van der Waals surface area (Å²) >= 11 is 0. The molecule has 0 radical (unpaired) electrons. The standard InChI is InChI=1S/C28H40N2O3/c1-8-25(27(32)29-20(2)3)30(19-22-10-9-11-24(18-22)33-7)26(31)17-14-21-12-15-23(16-13-21)28(4,5)6/h9-13,15-16,18,20,25H,8,14,17,19H2,1-7H3,(H,29,32)/t25-/m0/s1. The minimum atomic E-state index is -0.519. The fourth-order valence-electron chi connectivity index (χ4n) is 3.83. The largest absolute Gasteiger partial charge is 0.497 e. The molecule has 5 nitrogen and oxygen atoms in total. The number of hydrogen-bond acceptors (Lipinski definition) is 3. The summed E-state index contributed by atoms with van der Waals surface area (Å²) in [7, 11) is 1.62. The first kappa shape index (κ1) is 26.4. The SMILES string of the molecule is CC[C@@H](C(=O)NC(C)C)N(Cc1cccc(OC)c1)C(=O)CCc1ccc(C(C)(C)C)cc1.